The predicted octanol–water partition coefficient (Wildman–Crippen LogP) is -6.63. The molecule has 0 aromatic carbocycles. The first-order chi connectivity index (χ1) is 53.8. The molecule has 15 atom stereocenters. The molecule has 51 nitrogen and oxygen atoms in total. The Hall–Kier alpha value is -11.1. The van der Waals surface area contributed by atoms with Gasteiger partial charge in [-0.25, -0.2) is 49.7 Å². The molecule has 33 N–H and O–H groups in total. The van der Waals surface area contributed by atoms with Gasteiger partial charge in [-0.1, -0.05) is 6.92 Å². The number of H-pyrrole nitrogens is 4. The molecule has 13 aromatic rings. The standard InChI is InChI=1S/C11H14N5O2.C10H15N7O2.C10H14N6O3.C10H14N6O2.C10H15N3O4.C5H6N6.C5H5N5.Y/c1-6-10-11(14-4-13-6)16(5-15-10)9-2-7(12)8(3-17)18-9;11-4-1-6(19-5(4)2-18)17-3-14-7-8(12)15-10(13)16-9(7)17;11-4-1-6(19-5(4)2-17)16-3-13-7-8(16)14-10(12)15-9(7)18;11-5-1-7(18-6(5)2-17)16-4-15-8-9(12)13-3-14-10(8)16;1-5-3-13(10(16)12-9(5)15)8-2-6(11)7(4-14)17-8;6-3-2-4(9-1-8-2)11-5(7)10-3;6-4-3-5(9-1-7-3)10-2-8-4;/h5,7-9,17H,2-3,12H2,1H3;3-6,18H,1-2,11H2,(H4,12,13,15,16);3-6,17H,1-2,11H2,(H3,12,14,15,18);3-7,17H,1-2,11H2,(H2,12,13,14);3,6-8,14H,2,4,11H2,1H3,(H,12,15,16);1H,(H5,6,7,8,9,10,11);1-2H,(H3,6,7,8,9,10);/q-1;;;;;;;/t7-,8-,9-;2*4-,5-,6-;5-,6-,7-;6-,7-,8-;;;/m11111.../s1. The molecule has 0 bridgehead atoms. The van der Waals surface area contributed by atoms with E-state index in [1.54, 1.807) is 39.6 Å². The Bertz CT molecular complexity index is 5470. The number of hydrogen-bond donors (Lipinski definition) is 21. The second-order valence-electron chi connectivity index (χ2n) is 25.8. The summed E-state index contributed by atoms with van der Waals surface area (Å²) < 4.78 is 36.3. The minimum Gasteiger partial charge on any atom is -0.394 e. The van der Waals surface area contributed by atoms with E-state index in [1.165, 1.54) is 42.4 Å². The summed E-state index contributed by atoms with van der Waals surface area (Å²) in [6.07, 6.45) is 15.0. The summed E-state index contributed by atoms with van der Waals surface area (Å²) in [5, 5.41) is 45.6. The topological polar surface area (TPSA) is 818 Å². The first-order valence-electron chi connectivity index (χ1n) is 34.3. The number of aryl methyl sites for hydroxylation is 2. The number of aliphatic hydroxyl groups is 5. The number of anilines is 7. The first kappa shape index (κ1) is 82.8. The van der Waals surface area contributed by atoms with Gasteiger partial charge in [0.2, 0.25) is 17.8 Å². The molecule has 0 amide bonds. The van der Waals surface area contributed by atoms with Crippen LogP contribution in [0.25, 0.3) is 67.0 Å². The van der Waals surface area contributed by atoms with E-state index in [0.29, 0.717) is 111 Å². The molecule has 5 saturated heterocycles. The van der Waals surface area contributed by atoms with Crippen molar-refractivity contribution in [3.8, 4) is 0 Å². The third-order valence-corrected chi connectivity index (χ3v) is 18.4. The Morgan fingerprint density at radius 3 is 1.35 bits per heavy atom. The fourth-order valence-electron chi connectivity index (χ4n) is 12.5. The van der Waals surface area contributed by atoms with Crippen LogP contribution in [0.2, 0.25) is 0 Å². The largest absolute Gasteiger partial charge is 0.394 e. The van der Waals surface area contributed by atoms with Gasteiger partial charge in [0.15, 0.2) is 57.0 Å². The van der Waals surface area contributed by atoms with Crippen LogP contribution < -0.4 is 85.6 Å². The van der Waals surface area contributed by atoms with E-state index < -0.39 is 41.5 Å². The van der Waals surface area contributed by atoms with Crippen LogP contribution in [-0.4, -0.2) is 247 Å². The van der Waals surface area contributed by atoms with Crippen molar-refractivity contribution in [3.63, 3.8) is 0 Å². The molecule has 52 heteroatoms. The molecule has 0 saturated carbocycles. The van der Waals surface area contributed by atoms with E-state index in [4.69, 9.17) is 118 Å². The molecule has 113 heavy (non-hydrogen) atoms. The number of nitrogens with two attached hydrogens (primary N) is 12. The Kier molecular flexibility index (Phi) is 26.5. The van der Waals surface area contributed by atoms with Crippen molar-refractivity contribution in [2.75, 3.05) is 73.2 Å². The van der Waals surface area contributed by atoms with Crippen molar-refractivity contribution < 1.29 is 81.9 Å². The van der Waals surface area contributed by atoms with Crippen molar-refractivity contribution in [1.29, 1.82) is 0 Å². The summed E-state index contributed by atoms with van der Waals surface area (Å²) in [6.45, 7) is 2.83. The van der Waals surface area contributed by atoms with Crippen LogP contribution in [-0.2, 0) is 56.4 Å². The van der Waals surface area contributed by atoms with Gasteiger partial charge in [0.25, 0.3) is 11.1 Å². The smallest absolute Gasteiger partial charge is 0.330 e. The number of fused-ring (bicyclic) bond motifs is 6. The summed E-state index contributed by atoms with van der Waals surface area (Å²) in [4.78, 5) is 112. The van der Waals surface area contributed by atoms with Gasteiger partial charge in [0.05, 0.1) is 107 Å². The van der Waals surface area contributed by atoms with Gasteiger partial charge in [-0.05, 0) is 12.6 Å². The summed E-state index contributed by atoms with van der Waals surface area (Å²) in [5.41, 5.74) is 74.5. The summed E-state index contributed by atoms with van der Waals surface area (Å²) in [7, 11) is 0. The Balaban J connectivity index is 0.000000131. The molecule has 0 aliphatic carbocycles. The third kappa shape index (κ3) is 18.2. The molecular formula is C61H83N38O13Y-. The van der Waals surface area contributed by atoms with E-state index in [2.05, 4.69) is 111 Å². The monoisotopic (exact) mass is 1640 g/mol. The van der Waals surface area contributed by atoms with Gasteiger partial charge >= 0.3 is 5.69 Å². The molecule has 1 radical (unpaired) electrons. The maximum atomic E-state index is 11.7. The van der Waals surface area contributed by atoms with Gasteiger partial charge < -0.3 is 143 Å². The fraction of sp³-hybridized carbons (Fsp3) is 0.443. The molecule has 5 aliphatic heterocycles. The maximum Gasteiger partial charge on any atom is 0.330 e. The van der Waals surface area contributed by atoms with Gasteiger partial charge in [0.1, 0.15) is 65.9 Å². The summed E-state index contributed by atoms with van der Waals surface area (Å²) >= 11 is 0. The van der Waals surface area contributed by atoms with Crippen molar-refractivity contribution in [3.05, 3.63) is 106 Å². The fourth-order valence-corrected chi connectivity index (χ4v) is 12.5. The average molecular weight is 1650 g/mol. The van der Waals surface area contributed by atoms with Crippen LogP contribution in [0.4, 0.5) is 41.1 Å². The Labute approximate surface area is 659 Å². The third-order valence-electron chi connectivity index (χ3n) is 18.4. The number of nitrogens with one attached hydrogen (secondary N) is 4. The average Bonchev–Trinajstić information content (AvgIpc) is 1.65. The second kappa shape index (κ2) is 36.1. The molecule has 13 aromatic heterocycles. The number of rotatable bonds is 10. The van der Waals surface area contributed by atoms with Crippen molar-refractivity contribution >= 4 is 108 Å². The van der Waals surface area contributed by atoms with E-state index >= 15 is 0 Å². The van der Waals surface area contributed by atoms with Gasteiger partial charge in [0, 0.05) is 119 Å². The molecule has 0 unspecified atom stereocenters. The number of imidazole rings is 6. The van der Waals surface area contributed by atoms with Crippen molar-refractivity contribution in [1.82, 2.24) is 127 Å². The van der Waals surface area contributed by atoms with E-state index in [-0.39, 0.29) is 162 Å². The van der Waals surface area contributed by atoms with Crippen LogP contribution in [0, 0.1) is 20.2 Å². The summed E-state index contributed by atoms with van der Waals surface area (Å²) in [5.74, 6) is 1.55. The SMILES string of the molecule is Cc1cn([C@H]2C[C@@H](N)[C@@H](CO)O2)c(=O)[nH]c1=O.Cc1n[c-]nc2c1ncn2[C@H]1C[C@@H](N)[C@@H](CO)O1.Nc1nc(N)c2[nH]cnc2n1.Nc1nc(N)c2ncn([C@H]3C[C@@H](N)[C@@H](CO)O3)c2n1.Nc1nc2c(ncn2[C@H]2C[C@@H](N)[C@@H](CO)O2)c(=O)[nH]1.Nc1ncnc2c1ncn2[C@H]1C[C@@H](N)[C@@H](CO)O1.Nc1ncnc2nc[nH]c12.[Y]. The molecule has 5 aliphatic rings. The van der Waals surface area contributed by atoms with Gasteiger partial charge in [-0.3, -0.25) is 42.8 Å². The van der Waals surface area contributed by atoms with Gasteiger partial charge in [-0.15, -0.1) is 0 Å². The van der Waals surface area contributed by atoms with E-state index in [0.717, 1.165) is 11.2 Å². The zero-order valence-corrected chi connectivity index (χ0v) is 63.1. The number of aliphatic hydroxyl groups excluding tert-OH is 5. The normalized spacial score (nSPS) is 24.3. The maximum absolute atomic E-state index is 11.7. The molecular weight excluding hydrogens is 1560 g/mol. The van der Waals surface area contributed by atoms with Crippen LogP contribution in [0.1, 0.15) is 74.5 Å². The number of nitrogen functional groups attached to an aromatic ring is 7. The molecule has 18 heterocycles. The quantitative estimate of drug-likeness (QED) is 0.0566. The van der Waals surface area contributed by atoms with Crippen LogP contribution in [0.3, 0.4) is 0 Å². The van der Waals surface area contributed by atoms with E-state index in [1.807, 2.05) is 11.5 Å². The van der Waals surface area contributed by atoms with Gasteiger partial charge in [-0.2, -0.15) is 24.9 Å². The Morgan fingerprint density at radius 1 is 0.425 bits per heavy atom. The second-order valence-corrected chi connectivity index (χ2v) is 25.8. The van der Waals surface area contributed by atoms with Crippen molar-refractivity contribution in [2.45, 2.75) is 138 Å². The van der Waals surface area contributed by atoms with Crippen LogP contribution in [0.5, 0.6) is 0 Å². The molecule has 599 valence electrons. The minimum absolute atomic E-state index is 0. The summed E-state index contributed by atoms with van der Waals surface area (Å²) in [6, 6.07) is -1.19. The molecule has 18 rings (SSSR count). The number of nitrogens with zero attached hydrogens (tertiary/aromatic N) is 22. The number of ether oxygens (including phenoxy) is 5. The van der Waals surface area contributed by atoms with E-state index in [9.17, 15) is 14.4 Å². The predicted molar refractivity (Wildman–Crippen MR) is 396 cm³/mol. The Morgan fingerprint density at radius 2 is 0.841 bits per heavy atom. The number of aromatic amines is 4. The van der Waals surface area contributed by atoms with Crippen LogP contribution in [0.15, 0.2) is 71.2 Å². The zero-order chi connectivity index (χ0) is 79.9. The number of aromatic nitrogens is 26. The minimum atomic E-state index is -0.537. The van der Waals surface area contributed by atoms with Crippen molar-refractivity contribution in [2.24, 2.45) is 28.7 Å². The first-order valence-corrected chi connectivity index (χ1v) is 34.3. The molecule has 0 spiro atoms. The zero-order valence-electron chi connectivity index (χ0n) is 60.3. The van der Waals surface area contributed by atoms with Crippen LogP contribution >= 0.6 is 0 Å². The number of hydrogen-bond acceptors (Lipinski definition) is 42. The molecule has 5 fully saturated rings.